The Morgan fingerprint density at radius 2 is 2.18 bits per heavy atom. The number of likely N-dealkylation sites (tertiary alicyclic amines) is 1. The molecule has 1 saturated heterocycles. The number of aliphatic hydroxyl groups is 1. The number of likely N-dealkylation sites (N-methyl/N-ethyl adjacent to an activating group) is 1. The molecular weight excluding hydrogens is 358 g/mol. The van der Waals surface area contributed by atoms with Crippen molar-refractivity contribution in [3.63, 3.8) is 0 Å². The molecule has 0 unspecified atom stereocenters. The monoisotopic (exact) mass is 379 g/mol. The summed E-state index contributed by atoms with van der Waals surface area (Å²) in [6, 6.07) is 10.3. The van der Waals surface area contributed by atoms with Crippen molar-refractivity contribution in [1.82, 2.24) is 9.88 Å². The van der Waals surface area contributed by atoms with Gasteiger partial charge in [0.1, 0.15) is 11.4 Å². The standard InChI is InChI=1S/C21H21N3O4/c1-3-28-16-12-17(23-18(13-16)19(22)25)15-6-4-5-14(11-15)7-8-21(27)9-10-24(2)20(21)26/h4-6,11-13,27H,3,9-10H2,1-2H3,(H2,22,25)/t21-/m0/s1. The molecule has 0 spiro atoms. The average molecular weight is 379 g/mol. The lowest BCUT2D eigenvalue weighted by atomic mass is 10.0. The molecule has 1 atom stereocenters. The van der Waals surface area contributed by atoms with Crippen molar-refractivity contribution in [2.24, 2.45) is 5.73 Å². The zero-order valence-electron chi connectivity index (χ0n) is 15.7. The van der Waals surface area contributed by atoms with E-state index in [0.29, 0.717) is 35.7 Å². The number of benzene rings is 1. The van der Waals surface area contributed by atoms with Gasteiger partial charge in [-0.1, -0.05) is 24.0 Å². The van der Waals surface area contributed by atoms with Crippen LogP contribution in [0.4, 0.5) is 0 Å². The van der Waals surface area contributed by atoms with E-state index in [-0.39, 0.29) is 12.1 Å². The number of primary amides is 1. The van der Waals surface area contributed by atoms with Gasteiger partial charge in [0.25, 0.3) is 11.8 Å². The number of amides is 2. The van der Waals surface area contributed by atoms with Gasteiger partial charge in [0.2, 0.25) is 5.60 Å². The van der Waals surface area contributed by atoms with Gasteiger partial charge in [-0.25, -0.2) is 4.98 Å². The lowest BCUT2D eigenvalue weighted by Gasteiger charge is -2.13. The summed E-state index contributed by atoms with van der Waals surface area (Å²) in [4.78, 5) is 29.4. The summed E-state index contributed by atoms with van der Waals surface area (Å²) in [5, 5.41) is 10.4. The van der Waals surface area contributed by atoms with E-state index < -0.39 is 17.4 Å². The first-order valence-electron chi connectivity index (χ1n) is 8.88. The molecule has 0 aliphatic carbocycles. The second-order valence-electron chi connectivity index (χ2n) is 6.54. The molecule has 3 rings (SSSR count). The Morgan fingerprint density at radius 3 is 2.82 bits per heavy atom. The number of nitrogens with zero attached hydrogens (tertiary/aromatic N) is 2. The summed E-state index contributed by atoms with van der Waals surface area (Å²) in [5.41, 5.74) is 5.64. The van der Waals surface area contributed by atoms with Gasteiger partial charge in [0.05, 0.1) is 12.3 Å². The Labute approximate surface area is 163 Å². The van der Waals surface area contributed by atoms with E-state index in [0.717, 1.165) is 0 Å². The number of pyridine rings is 1. The molecule has 7 heteroatoms. The third-order valence-corrected chi connectivity index (χ3v) is 4.44. The van der Waals surface area contributed by atoms with Crippen LogP contribution >= 0.6 is 0 Å². The van der Waals surface area contributed by atoms with Crippen LogP contribution in [0.3, 0.4) is 0 Å². The highest BCUT2D eigenvalue weighted by Gasteiger charge is 2.42. The number of ether oxygens (including phenoxy) is 1. The molecule has 1 aromatic carbocycles. The first-order valence-corrected chi connectivity index (χ1v) is 8.88. The minimum atomic E-state index is -1.66. The van der Waals surface area contributed by atoms with Crippen LogP contribution in [0.25, 0.3) is 11.3 Å². The van der Waals surface area contributed by atoms with Crippen LogP contribution in [0.1, 0.15) is 29.4 Å². The van der Waals surface area contributed by atoms with Crippen LogP contribution in [-0.4, -0.2) is 52.6 Å². The summed E-state index contributed by atoms with van der Waals surface area (Å²) < 4.78 is 5.49. The Kier molecular flexibility index (Phi) is 5.34. The quantitative estimate of drug-likeness (QED) is 0.777. The highest BCUT2D eigenvalue weighted by Crippen LogP contribution is 2.25. The molecule has 0 radical (unpaired) electrons. The molecule has 1 fully saturated rings. The van der Waals surface area contributed by atoms with Gasteiger partial charge in [-0.05, 0) is 19.1 Å². The predicted molar refractivity (Wildman–Crippen MR) is 103 cm³/mol. The smallest absolute Gasteiger partial charge is 0.267 e. The molecule has 1 aliphatic rings. The minimum Gasteiger partial charge on any atom is -0.494 e. The summed E-state index contributed by atoms with van der Waals surface area (Å²) in [6.07, 6.45) is 0.273. The maximum absolute atomic E-state index is 12.0. The van der Waals surface area contributed by atoms with Crippen molar-refractivity contribution >= 4 is 11.8 Å². The molecule has 1 aromatic heterocycles. The van der Waals surface area contributed by atoms with Gasteiger partial charge >= 0.3 is 0 Å². The molecule has 2 amide bonds. The Hall–Kier alpha value is -3.37. The molecule has 28 heavy (non-hydrogen) atoms. The highest BCUT2D eigenvalue weighted by molar-refractivity contribution is 5.92. The van der Waals surface area contributed by atoms with E-state index >= 15 is 0 Å². The van der Waals surface area contributed by atoms with Crippen LogP contribution in [0, 0.1) is 11.8 Å². The average Bonchev–Trinajstić information content (AvgIpc) is 2.95. The molecule has 0 saturated carbocycles. The van der Waals surface area contributed by atoms with Crippen LogP contribution in [0.2, 0.25) is 0 Å². The van der Waals surface area contributed by atoms with E-state index in [1.165, 1.54) is 11.0 Å². The lowest BCUT2D eigenvalue weighted by molar-refractivity contribution is -0.137. The van der Waals surface area contributed by atoms with Gasteiger partial charge in [-0.2, -0.15) is 0 Å². The fourth-order valence-corrected chi connectivity index (χ4v) is 2.93. The highest BCUT2D eigenvalue weighted by atomic mass is 16.5. The van der Waals surface area contributed by atoms with Crippen molar-refractivity contribution in [3.8, 4) is 28.8 Å². The molecule has 2 heterocycles. The minimum absolute atomic E-state index is 0.103. The van der Waals surface area contributed by atoms with Gasteiger partial charge in [-0.3, -0.25) is 9.59 Å². The van der Waals surface area contributed by atoms with Crippen molar-refractivity contribution in [1.29, 1.82) is 0 Å². The summed E-state index contributed by atoms with van der Waals surface area (Å²) in [6.45, 7) is 2.75. The Bertz CT molecular complexity index is 993. The fourth-order valence-electron chi connectivity index (χ4n) is 2.93. The van der Waals surface area contributed by atoms with Crippen molar-refractivity contribution in [2.45, 2.75) is 18.9 Å². The Balaban J connectivity index is 1.96. The second-order valence-corrected chi connectivity index (χ2v) is 6.54. The SMILES string of the molecule is CCOc1cc(C(N)=O)nc(-c2cccc(C#C[C@]3(O)CCN(C)C3=O)c2)c1. The topological polar surface area (TPSA) is 106 Å². The molecule has 3 N–H and O–H groups in total. The second kappa shape index (κ2) is 7.71. The maximum atomic E-state index is 12.0. The van der Waals surface area contributed by atoms with Crippen molar-refractivity contribution < 1.29 is 19.4 Å². The van der Waals surface area contributed by atoms with Crippen LogP contribution in [0.5, 0.6) is 5.75 Å². The van der Waals surface area contributed by atoms with E-state index in [4.69, 9.17) is 10.5 Å². The summed E-state index contributed by atoms with van der Waals surface area (Å²) in [7, 11) is 1.63. The first kappa shape index (κ1) is 19.4. The zero-order chi connectivity index (χ0) is 20.3. The number of nitrogens with two attached hydrogens (primary N) is 1. The van der Waals surface area contributed by atoms with Crippen LogP contribution in [-0.2, 0) is 4.79 Å². The molecule has 2 aromatic rings. The Morgan fingerprint density at radius 1 is 1.39 bits per heavy atom. The normalized spacial score (nSPS) is 18.5. The number of carbonyl (C=O) groups is 2. The van der Waals surface area contributed by atoms with Crippen molar-refractivity contribution in [2.75, 3.05) is 20.2 Å². The summed E-state index contributed by atoms with van der Waals surface area (Å²) >= 11 is 0. The fraction of sp³-hybridized carbons (Fsp3) is 0.286. The van der Waals surface area contributed by atoms with Gasteiger partial charge in [0, 0.05) is 43.3 Å². The van der Waals surface area contributed by atoms with Crippen LogP contribution < -0.4 is 10.5 Å². The molecule has 0 bridgehead atoms. The number of hydrogen-bond acceptors (Lipinski definition) is 5. The largest absolute Gasteiger partial charge is 0.494 e. The van der Waals surface area contributed by atoms with Gasteiger partial charge in [0.15, 0.2) is 0 Å². The molecule has 7 nitrogen and oxygen atoms in total. The number of hydrogen-bond donors (Lipinski definition) is 2. The van der Waals surface area contributed by atoms with Crippen molar-refractivity contribution in [3.05, 3.63) is 47.7 Å². The van der Waals surface area contributed by atoms with Crippen LogP contribution in [0.15, 0.2) is 36.4 Å². The predicted octanol–water partition coefficient (Wildman–Crippen LogP) is 1.19. The zero-order valence-corrected chi connectivity index (χ0v) is 15.7. The van der Waals surface area contributed by atoms with E-state index in [2.05, 4.69) is 16.8 Å². The maximum Gasteiger partial charge on any atom is 0.267 e. The van der Waals surface area contributed by atoms with E-state index in [9.17, 15) is 14.7 Å². The van der Waals surface area contributed by atoms with E-state index in [1.54, 1.807) is 31.3 Å². The number of aromatic nitrogens is 1. The molecule has 1 aliphatic heterocycles. The van der Waals surface area contributed by atoms with E-state index in [1.807, 2.05) is 13.0 Å². The van der Waals surface area contributed by atoms with Gasteiger partial charge in [-0.15, -0.1) is 0 Å². The summed E-state index contributed by atoms with van der Waals surface area (Å²) in [5.74, 6) is 5.01. The number of rotatable bonds is 4. The lowest BCUT2D eigenvalue weighted by Crippen LogP contribution is -2.37. The third-order valence-electron chi connectivity index (χ3n) is 4.44. The number of carbonyl (C=O) groups excluding carboxylic acids is 2. The third kappa shape index (κ3) is 3.97. The van der Waals surface area contributed by atoms with Gasteiger partial charge < -0.3 is 20.5 Å². The molecular formula is C21H21N3O4. The first-order chi connectivity index (χ1) is 13.3. The molecule has 144 valence electrons.